The predicted octanol–water partition coefficient (Wildman–Crippen LogP) is 0.714. The maximum Gasteiger partial charge on any atom is 0.246 e. The van der Waals surface area contributed by atoms with Crippen LogP contribution in [0.5, 0.6) is 0 Å². The molecule has 3 unspecified atom stereocenters. The number of fused-ring (bicyclic) bond motifs is 1. The standard InChI is InChI=1S/C12H18N2O2S/c1-8-11(15)13-5-2-3-10(13)12(16)14(8)9-4-6-17-7-9/h8-10H,2-7H2,1H3. The summed E-state index contributed by atoms with van der Waals surface area (Å²) in [6, 6.07) is -0.112. The fraction of sp³-hybridized carbons (Fsp3) is 0.833. The quantitative estimate of drug-likeness (QED) is 0.692. The minimum absolute atomic E-state index is 0.149. The zero-order valence-corrected chi connectivity index (χ0v) is 10.9. The first-order chi connectivity index (χ1) is 8.20. The highest BCUT2D eigenvalue weighted by molar-refractivity contribution is 7.99. The highest BCUT2D eigenvalue weighted by Crippen LogP contribution is 2.32. The van der Waals surface area contributed by atoms with Gasteiger partial charge in [0.2, 0.25) is 11.8 Å². The molecule has 4 nitrogen and oxygen atoms in total. The molecule has 3 aliphatic rings. The first-order valence-corrected chi connectivity index (χ1v) is 7.56. The van der Waals surface area contributed by atoms with Gasteiger partial charge in [-0.1, -0.05) is 0 Å². The van der Waals surface area contributed by atoms with Crippen molar-refractivity contribution in [2.75, 3.05) is 18.1 Å². The third kappa shape index (κ3) is 1.66. The predicted molar refractivity (Wildman–Crippen MR) is 66.8 cm³/mol. The Bertz CT molecular complexity index is 354. The van der Waals surface area contributed by atoms with Gasteiger partial charge in [0.15, 0.2) is 0 Å². The Morgan fingerprint density at radius 3 is 2.76 bits per heavy atom. The minimum atomic E-state index is -0.249. The summed E-state index contributed by atoms with van der Waals surface area (Å²) >= 11 is 1.89. The Balaban J connectivity index is 1.87. The number of thioether (sulfide) groups is 1. The number of carbonyl (C=O) groups is 2. The van der Waals surface area contributed by atoms with Crippen LogP contribution >= 0.6 is 11.8 Å². The molecule has 0 spiro atoms. The van der Waals surface area contributed by atoms with Crippen molar-refractivity contribution in [2.24, 2.45) is 0 Å². The number of amides is 2. The minimum Gasteiger partial charge on any atom is -0.329 e. The van der Waals surface area contributed by atoms with Gasteiger partial charge in [-0.15, -0.1) is 0 Å². The average molecular weight is 254 g/mol. The summed E-state index contributed by atoms with van der Waals surface area (Å²) in [7, 11) is 0. The molecule has 0 bridgehead atoms. The van der Waals surface area contributed by atoms with Gasteiger partial charge in [-0.3, -0.25) is 9.59 Å². The van der Waals surface area contributed by atoms with Gasteiger partial charge in [-0.2, -0.15) is 11.8 Å². The lowest BCUT2D eigenvalue weighted by molar-refractivity contribution is -0.160. The summed E-state index contributed by atoms with van der Waals surface area (Å²) < 4.78 is 0. The van der Waals surface area contributed by atoms with Crippen LogP contribution in [0.3, 0.4) is 0 Å². The molecule has 0 saturated carbocycles. The third-order valence-electron chi connectivity index (χ3n) is 4.15. The zero-order chi connectivity index (χ0) is 12.0. The van der Waals surface area contributed by atoms with Crippen LogP contribution in [-0.2, 0) is 9.59 Å². The van der Waals surface area contributed by atoms with E-state index in [0.29, 0.717) is 0 Å². The van der Waals surface area contributed by atoms with E-state index >= 15 is 0 Å². The maximum absolute atomic E-state index is 12.5. The van der Waals surface area contributed by atoms with Gasteiger partial charge >= 0.3 is 0 Å². The van der Waals surface area contributed by atoms with Crippen molar-refractivity contribution < 1.29 is 9.59 Å². The molecule has 0 radical (unpaired) electrons. The third-order valence-corrected chi connectivity index (χ3v) is 5.29. The summed E-state index contributed by atoms with van der Waals surface area (Å²) in [6.07, 6.45) is 2.87. The molecule has 5 heteroatoms. The number of carbonyl (C=O) groups excluding carboxylic acids is 2. The summed E-state index contributed by atoms with van der Waals surface area (Å²) in [5, 5.41) is 0. The summed E-state index contributed by atoms with van der Waals surface area (Å²) in [5.74, 6) is 2.46. The highest BCUT2D eigenvalue weighted by atomic mass is 32.2. The number of hydrogen-bond acceptors (Lipinski definition) is 3. The van der Waals surface area contributed by atoms with Crippen molar-refractivity contribution in [3.63, 3.8) is 0 Å². The van der Waals surface area contributed by atoms with Crippen molar-refractivity contribution in [1.82, 2.24) is 9.80 Å². The molecule has 0 aromatic rings. The first-order valence-electron chi connectivity index (χ1n) is 6.40. The van der Waals surface area contributed by atoms with E-state index in [2.05, 4.69) is 0 Å². The van der Waals surface area contributed by atoms with Crippen LogP contribution in [-0.4, -0.2) is 57.8 Å². The Morgan fingerprint density at radius 1 is 1.24 bits per heavy atom. The monoisotopic (exact) mass is 254 g/mol. The lowest BCUT2D eigenvalue weighted by atomic mass is 10.0. The number of nitrogens with zero attached hydrogens (tertiary/aromatic N) is 2. The fourth-order valence-electron chi connectivity index (χ4n) is 3.25. The van der Waals surface area contributed by atoms with E-state index < -0.39 is 0 Å². The van der Waals surface area contributed by atoms with Crippen molar-refractivity contribution in [1.29, 1.82) is 0 Å². The van der Waals surface area contributed by atoms with Gasteiger partial charge in [-0.05, 0) is 31.9 Å². The van der Waals surface area contributed by atoms with Crippen molar-refractivity contribution in [3.8, 4) is 0 Å². The van der Waals surface area contributed by atoms with Crippen molar-refractivity contribution in [2.45, 2.75) is 44.3 Å². The van der Waals surface area contributed by atoms with Gasteiger partial charge in [0.05, 0.1) is 0 Å². The smallest absolute Gasteiger partial charge is 0.246 e. The van der Waals surface area contributed by atoms with E-state index in [4.69, 9.17) is 0 Å². The van der Waals surface area contributed by atoms with E-state index in [1.807, 2.05) is 23.6 Å². The number of hydrogen-bond donors (Lipinski definition) is 0. The molecular formula is C12H18N2O2S. The van der Waals surface area contributed by atoms with Crippen molar-refractivity contribution >= 4 is 23.6 Å². The summed E-state index contributed by atoms with van der Waals surface area (Å²) in [5.41, 5.74) is 0. The molecule has 0 aliphatic carbocycles. The van der Waals surface area contributed by atoms with E-state index in [1.54, 1.807) is 4.90 Å². The van der Waals surface area contributed by atoms with Crippen LogP contribution in [0.2, 0.25) is 0 Å². The average Bonchev–Trinajstić information content (AvgIpc) is 2.97. The SMILES string of the molecule is CC1C(=O)N2CCCC2C(=O)N1C1CCSC1. The summed E-state index contributed by atoms with van der Waals surface area (Å²) in [6.45, 7) is 2.66. The van der Waals surface area contributed by atoms with E-state index in [0.717, 1.165) is 37.3 Å². The van der Waals surface area contributed by atoms with Gasteiger partial charge in [0.1, 0.15) is 12.1 Å². The molecule has 17 heavy (non-hydrogen) atoms. The van der Waals surface area contributed by atoms with Crippen LogP contribution in [0.15, 0.2) is 0 Å². The van der Waals surface area contributed by atoms with Gasteiger partial charge in [0, 0.05) is 18.3 Å². The number of rotatable bonds is 1. The largest absolute Gasteiger partial charge is 0.329 e. The Labute approximate surface area is 106 Å². The lowest BCUT2D eigenvalue weighted by Gasteiger charge is -2.43. The molecule has 3 atom stereocenters. The fourth-order valence-corrected chi connectivity index (χ4v) is 4.45. The second-order valence-electron chi connectivity index (χ2n) is 5.13. The molecule has 0 aromatic heterocycles. The molecule has 3 fully saturated rings. The topological polar surface area (TPSA) is 40.6 Å². The highest BCUT2D eigenvalue weighted by Gasteiger charge is 2.48. The normalized spacial score (nSPS) is 37.8. The van der Waals surface area contributed by atoms with E-state index in [-0.39, 0.29) is 29.9 Å². The molecule has 3 aliphatic heterocycles. The van der Waals surface area contributed by atoms with Crippen LogP contribution in [0.25, 0.3) is 0 Å². The molecule has 2 amide bonds. The lowest BCUT2D eigenvalue weighted by Crippen LogP contribution is -2.64. The van der Waals surface area contributed by atoms with E-state index in [9.17, 15) is 9.59 Å². The molecule has 3 heterocycles. The van der Waals surface area contributed by atoms with E-state index in [1.165, 1.54) is 0 Å². The van der Waals surface area contributed by atoms with Crippen molar-refractivity contribution in [3.05, 3.63) is 0 Å². The number of piperazine rings is 1. The summed E-state index contributed by atoms with van der Waals surface area (Å²) in [4.78, 5) is 28.4. The molecule has 0 aromatic carbocycles. The molecule has 3 saturated heterocycles. The first kappa shape index (κ1) is 11.4. The molecule has 0 N–H and O–H groups in total. The van der Waals surface area contributed by atoms with Crippen LogP contribution in [0, 0.1) is 0 Å². The Kier molecular flexibility index (Phi) is 2.81. The van der Waals surface area contributed by atoms with Crippen LogP contribution < -0.4 is 0 Å². The second kappa shape index (κ2) is 4.19. The maximum atomic E-state index is 12.5. The van der Waals surface area contributed by atoms with Crippen LogP contribution in [0.4, 0.5) is 0 Å². The van der Waals surface area contributed by atoms with Gasteiger partial charge in [-0.25, -0.2) is 0 Å². The van der Waals surface area contributed by atoms with Gasteiger partial charge < -0.3 is 9.80 Å². The molecule has 94 valence electrons. The van der Waals surface area contributed by atoms with Crippen LogP contribution in [0.1, 0.15) is 26.2 Å². The molecule has 3 rings (SSSR count). The molecular weight excluding hydrogens is 236 g/mol. The van der Waals surface area contributed by atoms with Gasteiger partial charge in [0.25, 0.3) is 0 Å². The Morgan fingerprint density at radius 2 is 2.06 bits per heavy atom. The zero-order valence-electron chi connectivity index (χ0n) is 10.1. The Hall–Kier alpha value is -0.710. The second-order valence-corrected chi connectivity index (χ2v) is 6.28.